The Morgan fingerprint density at radius 3 is 2.22 bits per heavy atom. The van der Waals surface area contributed by atoms with E-state index in [1.165, 1.54) is 4.90 Å². The van der Waals surface area contributed by atoms with E-state index in [-0.39, 0.29) is 18.4 Å². The summed E-state index contributed by atoms with van der Waals surface area (Å²) in [5, 5.41) is 5.85. The Labute approximate surface area is 191 Å². The number of nitrogens with zero attached hydrogens (tertiary/aromatic N) is 1. The second-order valence-corrected chi connectivity index (χ2v) is 12.7. The topological polar surface area (TPSA) is 79.9 Å². The first kappa shape index (κ1) is 24.1. The van der Waals surface area contributed by atoms with E-state index in [2.05, 4.69) is 29.4 Å². The van der Waals surface area contributed by atoms with Crippen molar-refractivity contribution in [2.24, 2.45) is 0 Å². The smallest absolute Gasteiger partial charge is 0.251 e. The lowest BCUT2D eigenvalue weighted by atomic mass is 10.1. The maximum absolute atomic E-state index is 13.2. The predicted octanol–water partition coefficient (Wildman–Crippen LogP) is 2.88. The molecule has 0 bridgehead atoms. The first-order chi connectivity index (χ1) is 15.3. The van der Waals surface area contributed by atoms with Gasteiger partial charge in [-0.15, -0.1) is 0 Å². The Hall–Kier alpha value is -2.55. The molecule has 0 spiro atoms. The van der Waals surface area contributed by atoms with Crippen LogP contribution >= 0.6 is 10.0 Å². The maximum atomic E-state index is 13.2. The first-order valence-electron chi connectivity index (χ1n) is 10.6. The average molecular weight is 460 g/mol. The number of benzene rings is 2. The zero-order chi connectivity index (χ0) is 23.1. The van der Waals surface area contributed by atoms with Crippen LogP contribution in [0.1, 0.15) is 11.6 Å². The summed E-state index contributed by atoms with van der Waals surface area (Å²) in [6.07, 6.45) is 6.68. The molecule has 2 N–H and O–H groups in total. The van der Waals surface area contributed by atoms with Crippen molar-refractivity contribution in [1.29, 1.82) is 0 Å². The molecular formula is C24H33N3O4S. The third kappa shape index (κ3) is 6.72. The number of carbonyl (C=O) groups excluding carboxylic acids is 2. The van der Waals surface area contributed by atoms with Gasteiger partial charge < -0.3 is 20.1 Å². The molecule has 0 radical (unpaired) electrons. The molecule has 2 aromatic rings. The molecule has 2 aromatic carbocycles. The molecule has 1 atom stereocenters. The Bertz CT molecular complexity index is 904. The van der Waals surface area contributed by atoms with Crippen molar-refractivity contribution < 1.29 is 19.1 Å². The number of carbonyl (C=O) groups is 2. The van der Waals surface area contributed by atoms with Crippen LogP contribution in [0.5, 0.6) is 5.75 Å². The Kier molecular flexibility index (Phi) is 8.17. The van der Waals surface area contributed by atoms with Gasteiger partial charge in [-0.3, -0.25) is 14.5 Å². The van der Waals surface area contributed by atoms with Crippen molar-refractivity contribution in [3.63, 3.8) is 0 Å². The Morgan fingerprint density at radius 1 is 1.03 bits per heavy atom. The summed E-state index contributed by atoms with van der Waals surface area (Å²) in [7, 11) is 0.750. The largest absolute Gasteiger partial charge is 0.497 e. The van der Waals surface area contributed by atoms with Gasteiger partial charge in [0.15, 0.2) is 0 Å². The molecule has 1 aliphatic rings. The number of methoxy groups -OCH3 is 1. The molecular weight excluding hydrogens is 426 g/mol. The van der Waals surface area contributed by atoms with Crippen molar-refractivity contribution in [2.75, 3.05) is 64.0 Å². The summed E-state index contributed by atoms with van der Waals surface area (Å²) in [5.74, 6) is 0.198. The quantitative estimate of drug-likeness (QED) is 0.635. The average Bonchev–Trinajstić information content (AvgIpc) is 2.78. The normalized spacial score (nSPS) is 16.1. The summed E-state index contributed by atoms with van der Waals surface area (Å²) >= 11 is 0. The Balaban J connectivity index is 1.74. The highest BCUT2D eigenvalue weighted by Gasteiger charge is 2.24. The fourth-order valence-corrected chi connectivity index (χ4v) is 4.38. The minimum Gasteiger partial charge on any atom is -0.497 e. The van der Waals surface area contributed by atoms with E-state index in [0.29, 0.717) is 43.3 Å². The van der Waals surface area contributed by atoms with Gasteiger partial charge in [-0.05, 0) is 65.6 Å². The van der Waals surface area contributed by atoms with Crippen molar-refractivity contribution in [3.05, 3.63) is 54.1 Å². The number of rotatable bonds is 8. The lowest BCUT2D eigenvalue weighted by Gasteiger charge is -2.27. The molecule has 1 unspecified atom stereocenters. The van der Waals surface area contributed by atoms with Gasteiger partial charge in [0.1, 0.15) is 11.8 Å². The summed E-state index contributed by atoms with van der Waals surface area (Å²) in [4.78, 5) is 29.2. The summed E-state index contributed by atoms with van der Waals surface area (Å²) in [6, 6.07) is 14.2. The third-order valence-corrected chi connectivity index (χ3v) is 7.00. The van der Waals surface area contributed by atoms with Crippen LogP contribution in [0.15, 0.2) is 53.4 Å². The molecule has 3 rings (SSSR count). The highest BCUT2D eigenvalue weighted by atomic mass is 32.3. The number of anilines is 1. The molecule has 174 valence electrons. The summed E-state index contributed by atoms with van der Waals surface area (Å²) in [5.41, 5.74) is 1.39. The van der Waals surface area contributed by atoms with Crippen LogP contribution in [-0.2, 0) is 14.3 Å². The van der Waals surface area contributed by atoms with Gasteiger partial charge in [0, 0.05) is 18.8 Å². The zero-order valence-electron chi connectivity index (χ0n) is 19.2. The second kappa shape index (κ2) is 10.8. The molecule has 1 saturated heterocycles. The lowest BCUT2D eigenvalue weighted by Crippen LogP contribution is -2.45. The fraction of sp³-hybridized carbons (Fsp3) is 0.417. The lowest BCUT2D eigenvalue weighted by molar-refractivity contribution is -0.128. The molecule has 2 amide bonds. The van der Waals surface area contributed by atoms with Crippen LogP contribution in [0.4, 0.5) is 5.69 Å². The third-order valence-electron chi connectivity index (χ3n) is 5.32. The number of ether oxygens (including phenoxy) is 2. The van der Waals surface area contributed by atoms with E-state index in [0.717, 1.165) is 0 Å². The highest BCUT2D eigenvalue weighted by Crippen LogP contribution is 2.45. The summed E-state index contributed by atoms with van der Waals surface area (Å²) < 4.78 is 10.6. The molecule has 32 heavy (non-hydrogen) atoms. The van der Waals surface area contributed by atoms with Gasteiger partial charge in [0.25, 0.3) is 5.91 Å². The molecule has 1 fully saturated rings. The Morgan fingerprint density at radius 2 is 1.66 bits per heavy atom. The SMILES string of the molecule is COc1ccc(C(NC(=O)CN2CCOCC2)C(=O)Nc2ccc(S(C)(C)C)cc2)cc1. The number of hydrogen-bond donors (Lipinski definition) is 2. The van der Waals surface area contributed by atoms with Gasteiger partial charge in [-0.1, -0.05) is 12.1 Å². The van der Waals surface area contributed by atoms with Gasteiger partial charge in [-0.25, -0.2) is 10.0 Å². The number of nitrogens with one attached hydrogen (secondary N) is 2. The van der Waals surface area contributed by atoms with Crippen LogP contribution in [0, 0.1) is 0 Å². The fourth-order valence-electron chi connectivity index (χ4n) is 3.43. The standard InChI is InChI=1S/C24H33N3O4S/c1-30-20-9-5-18(6-10-20)23(26-22(28)17-27-13-15-31-16-14-27)24(29)25-19-7-11-21(12-8-19)32(2,3)4/h5-12,23H,13-17H2,1-4H3,(H,25,29)(H,26,28). The highest BCUT2D eigenvalue weighted by molar-refractivity contribution is 8.32. The summed E-state index contributed by atoms with van der Waals surface area (Å²) in [6.45, 7) is 2.86. The van der Waals surface area contributed by atoms with Gasteiger partial charge in [0.2, 0.25) is 5.91 Å². The van der Waals surface area contributed by atoms with Crippen molar-refractivity contribution in [2.45, 2.75) is 10.9 Å². The molecule has 7 nitrogen and oxygen atoms in total. The number of amides is 2. The van der Waals surface area contributed by atoms with Crippen LogP contribution < -0.4 is 15.4 Å². The van der Waals surface area contributed by atoms with Gasteiger partial charge in [-0.2, -0.15) is 0 Å². The molecule has 0 aliphatic carbocycles. The van der Waals surface area contributed by atoms with E-state index >= 15 is 0 Å². The van der Waals surface area contributed by atoms with Crippen molar-refractivity contribution in [1.82, 2.24) is 10.2 Å². The van der Waals surface area contributed by atoms with E-state index in [1.807, 2.05) is 29.2 Å². The second-order valence-electron chi connectivity index (χ2n) is 8.51. The minimum atomic E-state index is -0.839. The van der Waals surface area contributed by atoms with Crippen LogP contribution in [0.25, 0.3) is 0 Å². The van der Waals surface area contributed by atoms with Gasteiger partial charge >= 0.3 is 0 Å². The minimum absolute atomic E-state index is 0.199. The number of morpholine rings is 1. The van der Waals surface area contributed by atoms with E-state index < -0.39 is 16.1 Å². The number of hydrogen-bond acceptors (Lipinski definition) is 5. The monoisotopic (exact) mass is 459 g/mol. The van der Waals surface area contributed by atoms with Crippen LogP contribution in [0.2, 0.25) is 0 Å². The molecule has 8 heteroatoms. The molecule has 0 aromatic heterocycles. The predicted molar refractivity (Wildman–Crippen MR) is 130 cm³/mol. The van der Waals surface area contributed by atoms with Gasteiger partial charge in [0.05, 0.1) is 26.9 Å². The molecule has 0 saturated carbocycles. The van der Waals surface area contributed by atoms with Crippen LogP contribution in [0.3, 0.4) is 0 Å². The van der Waals surface area contributed by atoms with Crippen LogP contribution in [-0.4, -0.2) is 75.4 Å². The van der Waals surface area contributed by atoms with E-state index in [4.69, 9.17) is 9.47 Å². The molecule has 1 aliphatic heterocycles. The van der Waals surface area contributed by atoms with E-state index in [9.17, 15) is 9.59 Å². The zero-order valence-corrected chi connectivity index (χ0v) is 20.0. The van der Waals surface area contributed by atoms with Crippen molar-refractivity contribution in [3.8, 4) is 5.75 Å². The van der Waals surface area contributed by atoms with Crippen molar-refractivity contribution >= 4 is 27.5 Å². The first-order valence-corrected chi connectivity index (χ1v) is 13.4. The van der Waals surface area contributed by atoms with E-state index in [1.54, 1.807) is 31.4 Å². The maximum Gasteiger partial charge on any atom is 0.251 e. The molecule has 1 heterocycles.